The van der Waals surface area contributed by atoms with E-state index in [9.17, 15) is 18.0 Å². The van der Waals surface area contributed by atoms with Gasteiger partial charge in [-0.3, -0.25) is 4.79 Å². The Labute approximate surface area is 110 Å². The van der Waals surface area contributed by atoms with Crippen molar-refractivity contribution >= 4 is 27.6 Å². The van der Waals surface area contributed by atoms with Crippen LogP contribution >= 0.6 is 15.9 Å². The molecule has 0 spiro atoms. The molecule has 0 saturated heterocycles. The first kappa shape index (κ1) is 14.8. The van der Waals surface area contributed by atoms with Gasteiger partial charge in [0.1, 0.15) is 0 Å². The Morgan fingerprint density at radius 2 is 2.11 bits per heavy atom. The third kappa shape index (κ3) is 4.21. The van der Waals surface area contributed by atoms with E-state index in [0.29, 0.717) is 4.47 Å². The molecule has 0 aliphatic rings. The lowest BCUT2D eigenvalue weighted by molar-refractivity contribution is -0.137. The number of carbonyl (C=O) groups is 1. The number of halogens is 4. The van der Waals surface area contributed by atoms with Crippen LogP contribution in [0.3, 0.4) is 0 Å². The number of aliphatic carboxylic acids is 1. The van der Waals surface area contributed by atoms with Crippen molar-refractivity contribution in [2.75, 3.05) is 5.32 Å². The van der Waals surface area contributed by atoms with Gasteiger partial charge in [-0.25, -0.2) is 0 Å². The van der Waals surface area contributed by atoms with Gasteiger partial charge < -0.3 is 10.4 Å². The fourth-order valence-electron chi connectivity index (χ4n) is 1.46. The molecule has 1 unspecified atom stereocenters. The molecule has 0 bridgehead atoms. The van der Waals surface area contributed by atoms with Crippen molar-refractivity contribution in [3.8, 4) is 0 Å². The van der Waals surface area contributed by atoms with E-state index in [-0.39, 0.29) is 12.1 Å². The Kier molecular flexibility index (Phi) is 4.61. The topological polar surface area (TPSA) is 49.3 Å². The normalized spacial score (nSPS) is 13.2. The van der Waals surface area contributed by atoms with Crippen LogP contribution in [0.2, 0.25) is 0 Å². The van der Waals surface area contributed by atoms with Crippen molar-refractivity contribution in [1.82, 2.24) is 0 Å². The summed E-state index contributed by atoms with van der Waals surface area (Å²) in [5, 5.41) is 11.1. The van der Waals surface area contributed by atoms with Gasteiger partial charge >= 0.3 is 12.1 Å². The molecular formula is C11H11BrF3NO2. The molecule has 0 amide bonds. The molecule has 7 heteroatoms. The maximum Gasteiger partial charge on any atom is 0.418 e. The average Bonchev–Trinajstić information content (AvgIpc) is 2.13. The highest BCUT2D eigenvalue weighted by atomic mass is 79.9. The summed E-state index contributed by atoms with van der Waals surface area (Å²) in [6.07, 6.45) is -4.74. The maximum absolute atomic E-state index is 12.7. The molecule has 0 aromatic heterocycles. The predicted molar refractivity (Wildman–Crippen MR) is 64.5 cm³/mol. The molecule has 0 saturated carbocycles. The minimum absolute atomic E-state index is 0.134. The SMILES string of the molecule is CC(CC(=O)O)Nc1cc(Br)ccc1C(F)(F)F. The third-order valence-corrected chi connectivity index (χ3v) is 2.66. The van der Waals surface area contributed by atoms with Crippen LogP contribution in [0.15, 0.2) is 22.7 Å². The Balaban J connectivity index is 2.99. The van der Waals surface area contributed by atoms with Crippen molar-refractivity contribution in [3.05, 3.63) is 28.2 Å². The number of alkyl halides is 3. The van der Waals surface area contributed by atoms with Gasteiger partial charge in [0.25, 0.3) is 0 Å². The highest BCUT2D eigenvalue weighted by Crippen LogP contribution is 2.36. The first-order valence-corrected chi connectivity index (χ1v) is 5.84. The highest BCUT2D eigenvalue weighted by molar-refractivity contribution is 9.10. The zero-order valence-electron chi connectivity index (χ0n) is 9.38. The standard InChI is InChI=1S/C11H11BrF3NO2/c1-6(4-10(17)18)16-9-5-7(12)2-3-8(9)11(13,14)15/h2-3,5-6,16H,4H2,1H3,(H,17,18). The smallest absolute Gasteiger partial charge is 0.418 e. The second-order valence-corrected chi connectivity index (χ2v) is 4.75. The summed E-state index contributed by atoms with van der Waals surface area (Å²) in [5.74, 6) is -1.07. The van der Waals surface area contributed by atoms with Crippen molar-refractivity contribution in [1.29, 1.82) is 0 Å². The fraction of sp³-hybridized carbons (Fsp3) is 0.364. The van der Waals surface area contributed by atoms with Crippen LogP contribution < -0.4 is 5.32 Å². The van der Waals surface area contributed by atoms with Crippen molar-refractivity contribution in [2.45, 2.75) is 25.6 Å². The fourth-order valence-corrected chi connectivity index (χ4v) is 1.82. The molecule has 1 atom stereocenters. The number of hydrogen-bond acceptors (Lipinski definition) is 2. The summed E-state index contributed by atoms with van der Waals surface area (Å²) in [7, 11) is 0. The van der Waals surface area contributed by atoms with Crippen molar-refractivity contribution in [3.63, 3.8) is 0 Å². The second-order valence-electron chi connectivity index (χ2n) is 3.83. The Hall–Kier alpha value is -1.24. The predicted octanol–water partition coefficient (Wildman–Crippen LogP) is 3.74. The molecule has 100 valence electrons. The molecule has 1 aromatic carbocycles. The summed E-state index contributed by atoms with van der Waals surface area (Å²) in [4.78, 5) is 10.5. The van der Waals surface area contributed by atoms with Crippen molar-refractivity contribution in [2.24, 2.45) is 0 Å². The van der Waals surface area contributed by atoms with Crippen LogP contribution in [0.25, 0.3) is 0 Å². The number of carboxylic acids is 1. The molecule has 0 radical (unpaired) electrons. The minimum atomic E-state index is -4.48. The summed E-state index contributed by atoms with van der Waals surface area (Å²) in [6.45, 7) is 1.51. The second kappa shape index (κ2) is 5.60. The largest absolute Gasteiger partial charge is 0.481 e. The molecule has 1 rings (SSSR count). The van der Waals surface area contributed by atoms with Crippen molar-refractivity contribution < 1.29 is 23.1 Å². The zero-order chi connectivity index (χ0) is 13.9. The first-order valence-electron chi connectivity index (χ1n) is 5.05. The summed E-state index contributed by atoms with van der Waals surface area (Å²) >= 11 is 3.08. The van der Waals surface area contributed by atoms with E-state index in [1.807, 2.05) is 0 Å². The van der Waals surface area contributed by atoms with E-state index < -0.39 is 23.8 Å². The van der Waals surface area contributed by atoms with E-state index in [0.717, 1.165) is 6.07 Å². The Morgan fingerprint density at radius 1 is 1.50 bits per heavy atom. The van der Waals surface area contributed by atoms with Gasteiger partial charge in [0, 0.05) is 16.2 Å². The maximum atomic E-state index is 12.7. The molecule has 0 aliphatic carbocycles. The van der Waals surface area contributed by atoms with E-state index in [1.165, 1.54) is 19.1 Å². The Bertz CT molecular complexity index is 448. The average molecular weight is 326 g/mol. The zero-order valence-corrected chi connectivity index (χ0v) is 11.0. The highest BCUT2D eigenvalue weighted by Gasteiger charge is 2.33. The third-order valence-electron chi connectivity index (χ3n) is 2.17. The van der Waals surface area contributed by atoms with E-state index in [4.69, 9.17) is 5.11 Å². The van der Waals surface area contributed by atoms with Gasteiger partial charge in [0.2, 0.25) is 0 Å². The molecule has 3 nitrogen and oxygen atoms in total. The number of rotatable bonds is 4. The Morgan fingerprint density at radius 3 is 2.61 bits per heavy atom. The lowest BCUT2D eigenvalue weighted by atomic mass is 10.1. The summed E-state index contributed by atoms with van der Waals surface area (Å²) < 4.78 is 38.7. The van der Waals surface area contributed by atoms with Gasteiger partial charge in [-0.1, -0.05) is 15.9 Å². The molecule has 2 N–H and O–H groups in total. The van der Waals surface area contributed by atoms with Gasteiger partial charge in [0.05, 0.1) is 12.0 Å². The lowest BCUT2D eigenvalue weighted by Crippen LogP contribution is -2.21. The van der Waals surface area contributed by atoms with E-state index in [1.54, 1.807) is 0 Å². The number of nitrogens with one attached hydrogen (secondary N) is 1. The summed E-state index contributed by atoms with van der Waals surface area (Å²) in [5.41, 5.74) is -0.950. The minimum Gasteiger partial charge on any atom is -0.481 e. The number of carboxylic acid groups (broad SMARTS) is 1. The monoisotopic (exact) mass is 325 g/mol. The van der Waals surface area contributed by atoms with Crippen LogP contribution in [-0.4, -0.2) is 17.1 Å². The van der Waals surface area contributed by atoms with E-state index >= 15 is 0 Å². The first-order chi connectivity index (χ1) is 8.20. The van der Waals surface area contributed by atoms with Crippen LogP contribution in [0.1, 0.15) is 18.9 Å². The molecule has 1 aromatic rings. The molecule has 18 heavy (non-hydrogen) atoms. The number of hydrogen-bond donors (Lipinski definition) is 2. The van der Waals surface area contributed by atoms with Crippen LogP contribution in [-0.2, 0) is 11.0 Å². The lowest BCUT2D eigenvalue weighted by Gasteiger charge is -2.18. The molecule has 0 aliphatic heterocycles. The number of benzene rings is 1. The molecular weight excluding hydrogens is 315 g/mol. The van der Waals surface area contributed by atoms with Gasteiger partial charge in [0.15, 0.2) is 0 Å². The number of anilines is 1. The van der Waals surface area contributed by atoms with Crippen LogP contribution in [0.5, 0.6) is 0 Å². The van der Waals surface area contributed by atoms with Crippen LogP contribution in [0.4, 0.5) is 18.9 Å². The van der Waals surface area contributed by atoms with Gasteiger partial charge in [-0.05, 0) is 25.1 Å². The van der Waals surface area contributed by atoms with Gasteiger partial charge in [-0.2, -0.15) is 13.2 Å². The van der Waals surface area contributed by atoms with Crippen LogP contribution in [0, 0.1) is 0 Å². The molecule has 0 heterocycles. The van der Waals surface area contributed by atoms with E-state index in [2.05, 4.69) is 21.2 Å². The summed E-state index contributed by atoms with van der Waals surface area (Å²) in [6, 6.07) is 2.91. The van der Waals surface area contributed by atoms with Gasteiger partial charge in [-0.15, -0.1) is 0 Å². The quantitative estimate of drug-likeness (QED) is 0.886. The molecule has 0 fully saturated rings.